The number of hydrogen-bond acceptors (Lipinski definition) is 3. The summed E-state index contributed by atoms with van der Waals surface area (Å²) in [7, 11) is 0. The third-order valence-corrected chi connectivity index (χ3v) is 3.33. The number of aromatic nitrogens is 3. The number of aromatic amines is 1. The van der Waals surface area contributed by atoms with Crippen molar-refractivity contribution in [1.82, 2.24) is 15.2 Å². The summed E-state index contributed by atoms with van der Waals surface area (Å²) in [5.41, 5.74) is 5.49. The number of anilines is 1. The monoisotopic (exact) mass is 194 g/mol. The van der Waals surface area contributed by atoms with E-state index in [4.69, 9.17) is 5.73 Å². The Morgan fingerprint density at radius 1 is 1.36 bits per heavy atom. The van der Waals surface area contributed by atoms with E-state index in [1.54, 1.807) is 0 Å². The van der Waals surface area contributed by atoms with Gasteiger partial charge in [-0.3, -0.25) is 5.10 Å². The van der Waals surface area contributed by atoms with Crippen molar-refractivity contribution in [1.29, 1.82) is 0 Å². The van der Waals surface area contributed by atoms with Crippen LogP contribution in [-0.2, 0) is 0 Å². The van der Waals surface area contributed by atoms with Crippen molar-refractivity contribution in [3.05, 3.63) is 5.82 Å². The molecule has 1 aromatic heterocycles. The normalized spacial score (nSPS) is 27.8. The third-order valence-electron chi connectivity index (χ3n) is 3.33. The van der Waals surface area contributed by atoms with Gasteiger partial charge in [-0.15, -0.1) is 5.10 Å². The van der Waals surface area contributed by atoms with Gasteiger partial charge >= 0.3 is 0 Å². The van der Waals surface area contributed by atoms with E-state index in [1.165, 1.54) is 32.1 Å². The van der Waals surface area contributed by atoms with Crippen LogP contribution in [0.15, 0.2) is 0 Å². The van der Waals surface area contributed by atoms with Crippen molar-refractivity contribution in [3.63, 3.8) is 0 Å². The Morgan fingerprint density at radius 2 is 2.07 bits per heavy atom. The molecule has 2 rings (SSSR count). The van der Waals surface area contributed by atoms with E-state index in [9.17, 15) is 0 Å². The fourth-order valence-corrected chi connectivity index (χ4v) is 2.31. The highest BCUT2D eigenvalue weighted by atomic mass is 15.3. The Bertz CT molecular complexity index is 286. The molecule has 1 fully saturated rings. The predicted octanol–water partition coefficient (Wildman–Crippen LogP) is 2.07. The van der Waals surface area contributed by atoms with Crippen LogP contribution in [0.2, 0.25) is 0 Å². The topological polar surface area (TPSA) is 67.6 Å². The van der Waals surface area contributed by atoms with Gasteiger partial charge in [-0.05, 0) is 31.6 Å². The SMILES string of the molecule is CCC1CCC(c2nc(N)n[nH]2)CC1. The second-order valence-electron chi connectivity index (χ2n) is 4.20. The molecule has 1 aromatic rings. The molecule has 1 saturated carbocycles. The summed E-state index contributed by atoms with van der Waals surface area (Å²) in [6.45, 7) is 2.28. The largest absolute Gasteiger partial charge is 0.367 e. The summed E-state index contributed by atoms with van der Waals surface area (Å²) < 4.78 is 0. The minimum Gasteiger partial charge on any atom is -0.367 e. The lowest BCUT2D eigenvalue weighted by Gasteiger charge is -2.25. The van der Waals surface area contributed by atoms with E-state index in [-0.39, 0.29) is 0 Å². The average Bonchev–Trinajstić information content (AvgIpc) is 2.65. The van der Waals surface area contributed by atoms with Gasteiger partial charge in [0.25, 0.3) is 0 Å². The Labute approximate surface area is 84.3 Å². The summed E-state index contributed by atoms with van der Waals surface area (Å²) in [5.74, 6) is 2.84. The van der Waals surface area contributed by atoms with Gasteiger partial charge in [-0.1, -0.05) is 13.3 Å². The molecule has 4 nitrogen and oxygen atoms in total. The van der Waals surface area contributed by atoms with Gasteiger partial charge in [0.2, 0.25) is 5.95 Å². The van der Waals surface area contributed by atoms with Gasteiger partial charge in [0, 0.05) is 5.92 Å². The molecule has 1 aliphatic carbocycles. The molecule has 0 atom stereocenters. The zero-order valence-electron chi connectivity index (χ0n) is 8.66. The van der Waals surface area contributed by atoms with E-state index < -0.39 is 0 Å². The number of H-pyrrole nitrogens is 1. The van der Waals surface area contributed by atoms with E-state index in [0.717, 1.165) is 11.7 Å². The van der Waals surface area contributed by atoms with Gasteiger partial charge < -0.3 is 5.73 Å². The number of hydrogen-bond donors (Lipinski definition) is 2. The molecule has 78 valence electrons. The van der Waals surface area contributed by atoms with E-state index >= 15 is 0 Å². The number of nitrogens with zero attached hydrogens (tertiary/aromatic N) is 2. The summed E-state index contributed by atoms with van der Waals surface area (Å²) in [4.78, 5) is 4.20. The maximum Gasteiger partial charge on any atom is 0.239 e. The standard InChI is InChI=1S/C10H18N4/c1-2-7-3-5-8(6-4-7)9-12-10(11)14-13-9/h7-8H,2-6H2,1H3,(H3,11,12,13,14). The summed E-state index contributed by atoms with van der Waals surface area (Å²) >= 11 is 0. The van der Waals surface area contributed by atoms with Crippen molar-refractivity contribution in [3.8, 4) is 0 Å². The molecule has 0 amide bonds. The Morgan fingerprint density at radius 3 is 2.57 bits per heavy atom. The van der Waals surface area contributed by atoms with Crippen LogP contribution in [0.3, 0.4) is 0 Å². The fraction of sp³-hybridized carbons (Fsp3) is 0.800. The first kappa shape index (κ1) is 9.49. The first-order valence-corrected chi connectivity index (χ1v) is 5.47. The Kier molecular flexibility index (Phi) is 2.70. The van der Waals surface area contributed by atoms with Crippen LogP contribution in [-0.4, -0.2) is 15.2 Å². The van der Waals surface area contributed by atoms with Crippen LogP contribution in [0.4, 0.5) is 5.95 Å². The lowest BCUT2D eigenvalue weighted by atomic mass is 9.80. The molecule has 1 heterocycles. The first-order chi connectivity index (χ1) is 6.79. The van der Waals surface area contributed by atoms with Crippen LogP contribution in [0.1, 0.15) is 50.8 Å². The summed E-state index contributed by atoms with van der Waals surface area (Å²) in [6.07, 6.45) is 6.41. The minimum absolute atomic E-state index is 0.373. The fourth-order valence-electron chi connectivity index (χ4n) is 2.31. The highest BCUT2D eigenvalue weighted by Crippen LogP contribution is 2.35. The van der Waals surface area contributed by atoms with Gasteiger partial charge in [0.05, 0.1) is 0 Å². The molecule has 0 spiro atoms. The number of nitrogens with two attached hydrogens (primary N) is 1. The number of nitrogen functional groups attached to an aromatic ring is 1. The van der Waals surface area contributed by atoms with Crippen molar-refractivity contribution in [2.24, 2.45) is 5.92 Å². The zero-order chi connectivity index (χ0) is 9.97. The zero-order valence-corrected chi connectivity index (χ0v) is 8.66. The van der Waals surface area contributed by atoms with Crippen LogP contribution in [0.5, 0.6) is 0 Å². The molecule has 3 N–H and O–H groups in total. The van der Waals surface area contributed by atoms with Crippen molar-refractivity contribution in [2.45, 2.75) is 44.9 Å². The molecule has 14 heavy (non-hydrogen) atoms. The molecule has 4 heteroatoms. The van der Waals surface area contributed by atoms with Gasteiger partial charge in [0.15, 0.2) is 0 Å². The minimum atomic E-state index is 0.373. The quantitative estimate of drug-likeness (QED) is 0.757. The lowest BCUT2D eigenvalue weighted by molar-refractivity contribution is 0.312. The second kappa shape index (κ2) is 3.98. The number of nitrogens with one attached hydrogen (secondary N) is 1. The highest BCUT2D eigenvalue weighted by molar-refractivity contribution is 5.14. The van der Waals surface area contributed by atoms with Crippen LogP contribution >= 0.6 is 0 Å². The van der Waals surface area contributed by atoms with Gasteiger partial charge in [0.1, 0.15) is 5.82 Å². The van der Waals surface area contributed by atoms with Gasteiger partial charge in [-0.25, -0.2) is 0 Å². The highest BCUT2D eigenvalue weighted by Gasteiger charge is 2.23. The smallest absolute Gasteiger partial charge is 0.239 e. The van der Waals surface area contributed by atoms with E-state index in [2.05, 4.69) is 22.1 Å². The Hall–Kier alpha value is -1.06. The molecular weight excluding hydrogens is 176 g/mol. The van der Waals surface area contributed by atoms with Crippen molar-refractivity contribution < 1.29 is 0 Å². The molecule has 0 radical (unpaired) electrons. The summed E-state index contributed by atoms with van der Waals surface area (Å²) in [5, 5.41) is 6.79. The summed E-state index contributed by atoms with van der Waals surface area (Å²) in [6, 6.07) is 0. The molecule has 1 aliphatic rings. The second-order valence-corrected chi connectivity index (χ2v) is 4.20. The maximum atomic E-state index is 5.49. The van der Waals surface area contributed by atoms with Gasteiger partial charge in [-0.2, -0.15) is 4.98 Å². The van der Waals surface area contributed by atoms with Crippen molar-refractivity contribution >= 4 is 5.95 Å². The maximum absolute atomic E-state index is 5.49. The molecule has 0 aliphatic heterocycles. The third kappa shape index (κ3) is 1.89. The molecule has 0 aromatic carbocycles. The molecule has 0 saturated heterocycles. The molecule has 0 unspecified atom stereocenters. The average molecular weight is 194 g/mol. The lowest BCUT2D eigenvalue weighted by Crippen LogP contribution is -2.13. The van der Waals surface area contributed by atoms with Crippen molar-refractivity contribution in [2.75, 3.05) is 5.73 Å². The Balaban J connectivity index is 1.95. The molecule has 0 bridgehead atoms. The predicted molar refractivity (Wildman–Crippen MR) is 55.8 cm³/mol. The van der Waals surface area contributed by atoms with E-state index in [0.29, 0.717) is 11.9 Å². The first-order valence-electron chi connectivity index (χ1n) is 5.47. The number of rotatable bonds is 2. The van der Waals surface area contributed by atoms with Crippen LogP contribution < -0.4 is 5.73 Å². The van der Waals surface area contributed by atoms with Crippen LogP contribution in [0, 0.1) is 5.92 Å². The van der Waals surface area contributed by atoms with E-state index in [1.807, 2.05) is 0 Å². The molecular formula is C10H18N4. The van der Waals surface area contributed by atoms with Crippen LogP contribution in [0.25, 0.3) is 0 Å².